The third-order valence-electron chi connectivity index (χ3n) is 8.86. The fourth-order valence-electron chi connectivity index (χ4n) is 6.49. The Balaban J connectivity index is 1.26. The highest BCUT2D eigenvalue weighted by Gasteiger charge is 2.45. The van der Waals surface area contributed by atoms with Gasteiger partial charge in [-0.05, 0) is 86.0 Å². The number of ether oxygens (including phenoxy) is 2. The van der Waals surface area contributed by atoms with Crippen molar-refractivity contribution >= 4 is 29.4 Å². The molecule has 0 radical (unpaired) electrons. The lowest BCUT2D eigenvalue weighted by Crippen LogP contribution is -2.37. The van der Waals surface area contributed by atoms with Crippen LogP contribution in [-0.4, -0.2) is 71.7 Å². The third kappa shape index (κ3) is 7.06. The fourth-order valence-corrected chi connectivity index (χ4v) is 6.66. The molecular formula is C32H34ClF3N6O4. The number of carbonyl (C=O) groups is 2. The van der Waals surface area contributed by atoms with Gasteiger partial charge in [-0.25, -0.2) is 4.79 Å². The van der Waals surface area contributed by atoms with Gasteiger partial charge in [0.2, 0.25) is 23.8 Å². The number of alkyl halides is 3. The molecule has 3 aliphatic rings. The summed E-state index contributed by atoms with van der Waals surface area (Å²) in [6.07, 6.45) is -3.21. The topological polar surface area (TPSA) is 132 Å². The largest absolute Gasteiger partial charge is 0.459 e. The van der Waals surface area contributed by atoms with Crippen molar-refractivity contribution < 1.29 is 32.2 Å². The lowest BCUT2D eigenvalue weighted by atomic mass is 9.77. The van der Waals surface area contributed by atoms with E-state index in [0.717, 1.165) is 44.8 Å². The van der Waals surface area contributed by atoms with E-state index in [2.05, 4.69) is 20.6 Å². The summed E-state index contributed by atoms with van der Waals surface area (Å²) in [5.41, 5.74) is 6.37. The van der Waals surface area contributed by atoms with Crippen molar-refractivity contribution in [1.82, 2.24) is 25.5 Å². The van der Waals surface area contributed by atoms with Crippen molar-refractivity contribution in [3.63, 3.8) is 0 Å². The molecular weight excluding hydrogens is 625 g/mol. The molecule has 4 N–H and O–H groups in total. The van der Waals surface area contributed by atoms with Crippen LogP contribution >= 0.6 is 11.6 Å². The molecule has 10 nitrogen and oxygen atoms in total. The zero-order valence-corrected chi connectivity index (χ0v) is 25.7. The number of rotatable bonds is 7. The molecule has 0 saturated carbocycles. The first-order valence-corrected chi connectivity index (χ1v) is 15.6. The molecule has 1 unspecified atom stereocenters. The molecule has 46 heavy (non-hydrogen) atoms. The summed E-state index contributed by atoms with van der Waals surface area (Å²) in [7, 11) is 0. The number of nitrogen functional groups attached to an aromatic ring is 1. The molecule has 1 amide bonds. The highest BCUT2D eigenvalue weighted by atomic mass is 35.5. The van der Waals surface area contributed by atoms with Crippen LogP contribution in [0.25, 0.3) is 11.1 Å². The summed E-state index contributed by atoms with van der Waals surface area (Å²) in [5.74, 6) is -2.10. The van der Waals surface area contributed by atoms with Gasteiger partial charge < -0.3 is 30.7 Å². The molecule has 4 heterocycles. The number of piperidine rings is 1. The zero-order chi connectivity index (χ0) is 32.5. The number of esters is 1. The van der Waals surface area contributed by atoms with E-state index in [1.54, 1.807) is 29.2 Å². The van der Waals surface area contributed by atoms with E-state index in [4.69, 9.17) is 26.8 Å². The first-order chi connectivity index (χ1) is 22.0. The number of aromatic nitrogens is 2. The SMILES string of the molecule is Nc1nc(OC(=O)C2CC3(CCNCC3)CN2)cc(O[C@H](c2ccc(Cl)cc2-c2cccc(C(=O)N3CCCC3)c2)C(F)(F)F)n1. The number of likely N-dealkylation sites (tertiary alicyclic amines) is 1. The number of nitrogens with two attached hydrogens (primary N) is 1. The predicted octanol–water partition coefficient (Wildman–Crippen LogP) is 4.93. The van der Waals surface area contributed by atoms with Crippen LogP contribution in [0.5, 0.6) is 11.8 Å². The Hall–Kier alpha value is -3.94. The molecule has 2 atom stereocenters. The summed E-state index contributed by atoms with van der Waals surface area (Å²) in [6.45, 7) is 3.66. The summed E-state index contributed by atoms with van der Waals surface area (Å²) >= 11 is 6.25. The average molecular weight is 659 g/mol. The number of nitrogens with one attached hydrogen (secondary N) is 2. The monoisotopic (exact) mass is 658 g/mol. The number of nitrogens with zero attached hydrogens (tertiary/aromatic N) is 3. The minimum Gasteiger partial charge on any atom is -0.459 e. The number of benzene rings is 2. The molecule has 244 valence electrons. The van der Waals surface area contributed by atoms with Gasteiger partial charge in [0.1, 0.15) is 6.04 Å². The maximum atomic E-state index is 14.7. The Kier molecular flexibility index (Phi) is 9.08. The second-order valence-corrected chi connectivity index (χ2v) is 12.5. The Morgan fingerprint density at radius 1 is 1.04 bits per heavy atom. The van der Waals surface area contributed by atoms with Crippen molar-refractivity contribution in [3.05, 3.63) is 64.7 Å². The maximum Gasteiger partial charge on any atom is 0.429 e. The van der Waals surface area contributed by atoms with Crippen LogP contribution in [-0.2, 0) is 4.79 Å². The predicted molar refractivity (Wildman–Crippen MR) is 164 cm³/mol. The van der Waals surface area contributed by atoms with Crippen molar-refractivity contribution in [3.8, 4) is 22.9 Å². The molecule has 3 saturated heterocycles. The first kappa shape index (κ1) is 32.0. The van der Waals surface area contributed by atoms with Gasteiger partial charge in [-0.1, -0.05) is 29.8 Å². The van der Waals surface area contributed by atoms with Crippen LogP contribution in [0.15, 0.2) is 48.5 Å². The van der Waals surface area contributed by atoms with Crippen molar-refractivity contribution in [2.75, 3.05) is 38.5 Å². The van der Waals surface area contributed by atoms with Gasteiger partial charge in [0, 0.05) is 35.8 Å². The molecule has 0 bridgehead atoms. The number of amides is 1. The van der Waals surface area contributed by atoms with E-state index in [1.807, 2.05) is 0 Å². The molecule has 2 aromatic carbocycles. The molecule has 1 aromatic heterocycles. The summed E-state index contributed by atoms with van der Waals surface area (Å²) < 4.78 is 55.0. The summed E-state index contributed by atoms with van der Waals surface area (Å²) in [5, 5.41) is 6.71. The van der Waals surface area contributed by atoms with Crippen LogP contribution in [0.3, 0.4) is 0 Å². The lowest BCUT2D eigenvalue weighted by Gasteiger charge is -2.32. The van der Waals surface area contributed by atoms with E-state index < -0.39 is 36.1 Å². The van der Waals surface area contributed by atoms with Gasteiger partial charge in [-0.3, -0.25) is 4.79 Å². The highest BCUT2D eigenvalue weighted by Crippen LogP contribution is 2.42. The Morgan fingerprint density at radius 3 is 2.52 bits per heavy atom. The number of anilines is 1. The van der Waals surface area contributed by atoms with Crippen molar-refractivity contribution in [2.45, 2.75) is 50.4 Å². The third-order valence-corrected chi connectivity index (χ3v) is 9.09. The van der Waals surface area contributed by atoms with Crippen LogP contribution in [0, 0.1) is 5.41 Å². The summed E-state index contributed by atoms with van der Waals surface area (Å²) in [4.78, 5) is 35.5. The maximum absolute atomic E-state index is 14.7. The molecule has 14 heteroatoms. The first-order valence-electron chi connectivity index (χ1n) is 15.2. The van der Waals surface area contributed by atoms with Crippen LogP contribution in [0.4, 0.5) is 19.1 Å². The quantitative estimate of drug-likeness (QED) is 0.302. The Morgan fingerprint density at radius 2 is 1.78 bits per heavy atom. The fraction of sp³-hybridized carbons (Fsp3) is 0.438. The molecule has 3 fully saturated rings. The molecule has 3 aromatic rings. The normalized spacial score (nSPS) is 20.1. The second kappa shape index (κ2) is 13.0. The van der Waals surface area contributed by atoms with E-state index >= 15 is 0 Å². The van der Waals surface area contributed by atoms with Gasteiger partial charge in [0.25, 0.3) is 5.91 Å². The zero-order valence-electron chi connectivity index (χ0n) is 24.9. The standard InChI is InChI=1S/C32H34ClF3N6O4/c33-21-6-7-22(23(15-21)19-4-3-5-20(14-19)28(43)42-12-1-2-13-42)27(32(34,35)36)45-25-16-26(41-30(37)40-25)46-29(44)24-17-31(18-39-24)8-10-38-11-9-31/h3-7,14-16,24,27,38-39H,1-2,8-13,17-18H2,(H2,37,40,41)/t24?,27-/m1/s1. The number of hydrogen-bond acceptors (Lipinski definition) is 9. The van der Waals surface area contributed by atoms with E-state index in [0.29, 0.717) is 37.2 Å². The second-order valence-electron chi connectivity index (χ2n) is 12.1. The Labute approximate surface area is 268 Å². The van der Waals surface area contributed by atoms with Crippen molar-refractivity contribution in [2.24, 2.45) is 5.41 Å². The molecule has 0 aliphatic carbocycles. The number of hydrogen-bond donors (Lipinski definition) is 3. The van der Waals surface area contributed by atoms with E-state index in [1.165, 1.54) is 18.2 Å². The number of halogens is 4. The van der Waals surface area contributed by atoms with Gasteiger partial charge in [-0.2, -0.15) is 23.1 Å². The van der Waals surface area contributed by atoms with Gasteiger partial charge in [-0.15, -0.1) is 0 Å². The number of carbonyl (C=O) groups excluding carboxylic acids is 2. The highest BCUT2D eigenvalue weighted by molar-refractivity contribution is 6.30. The van der Waals surface area contributed by atoms with E-state index in [-0.39, 0.29) is 33.4 Å². The molecule has 6 rings (SSSR count). The van der Waals surface area contributed by atoms with Crippen LogP contribution in [0.1, 0.15) is 54.1 Å². The Bertz CT molecular complexity index is 1610. The molecule has 3 aliphatic heterocycles. The van der Waals surface area contributed by atoms with Gasteiger partial charge >= 0.3 is 12.1 Å². The minimum absolute atomic E-state index is 0.00882. The van der Waals surface area contributed by atoms with Crippen LogP contribution < -0.4 is 25.8 Å². The lowest BCUT2D eigenvalue weighted by molar-refractivity contribution is -0.198. The summed E-state index contributed by atoms with van der Waals surface area (Å²) in [6, 6.07) is 10.8. The minimum atomic E-state index is -4.92. The van der Waals surface area contributed by atoms with Crippen LogP contribution in [0.2, 0.25) is 5.02 Å². The van der Waals surface area contributed by atoms with Crippen molar-refractivity contribution in [1.29, 1.82) is 0 Å². The van der Waals surface area contributed by atoms with Gasteiger partial charge in [0.05, 0.1) is 6.07 Å². The average Bonchev–Trinajstić information content (AvgIpc) is 3.71. The molecule has 1 spiro atoms. The smallest absolute Gasteiger partial charge is 0.429 e. The van der Waals surface area contributed by atoms with Gasteiger partial charge in [0.15, 0.2) is 0 Å². The van der Waals surface area contributed by atoms with E-state index in [9.17, 15) is 22.8 Å².